The SMILES string of the molecule is CCOC(=O)C12OC3(C(C(=O)OC)=C1C(=O)OC)N(CCCC31CC1OCC)C2=O. The summed E-state index contributed by atoms with van der Waals surface area (Å²) in [5, 5.41) is 0. The molecule has 2 spiro atoms. The molecule has 2 saturated heterocycles. The molecule has 1 saturated carbocycles. The topological polar surface area (TPSA) is 118 Å². The number of piperidine rings is 1. The predicted molar refractivity (Wildman–Crippen MR) is 97.6 cm³/mol. The Morgan fingerprint density at radius 1 is 1.10 bits per heavy atom. The molecule has 4 rings (SSSR count). The molecule has 4 aliphatic rings. The van der Waals surface area contributed by atoms with E-state index in [2.05, 4.69) is 0 Å². The summed E-state index contributed by atoms with van der Waals surface area (Å²) >= 11 is 0. The second-order valence-corrected chi connectivity index (χ2v) is 7.75. The minimum Gasteiger partial charge on any atom is -0.466 e. The van der Waals surface area contributed by atoms with E-state index in [9.17, 15) is 19.2 Å². The summed E-state index contributed by atoms with van der Waals surface area (Å²) in [5.41, 5.74) is -5.45. The summed E-state index contributed by atoms with van der Waals surface area (Å²) in [5.74, 6) is -3.65. The number of ether oxygens (including phenoxy) is 5. The highest BCUT2D eigenvalue weighted by atomic mass is 16.6. The van der Waals surface area contributed by atoms with E-state index in [4.69, 9.17) is 23.7 Å². The third kappa shape index (κ3) is 2.15. The molecule has 0 aromatic carbocycles. The van der Waals surface area contributed by atoms with Crippen molar-refractivity contribution < 1.29 is 42.9 Å². The highest BCUT2D eigenvalue weighted by Crippen LogP contribution is 2.72. The summed E-state index contributed by atoms with van der Waals surface area (Å²) in [6.45, 7) is 4.07. The Morgan fingerprint density at radius 2 is 1.77 bits per heavy atom. The molecule has 0 aromatic rings. The molecule has 30 heavy (non-hydrogen) atoms. The number of fused-ring (bicyclic) bond motifs is 1. The van der Waals surface area contributed by atoms with Crippen molar-refractivity contribution in [2.75, 3.05) is 34.0 Å². The van der Waals surface area contributed by atoms with Gasteiger partial charge in [0.1, 0.15) is 11.1 Å². The van der Waals surface area contributed by atoms with Gasteiger partial charge in [0.05, 0.1) is 32.3 Å². The number of hydrogen-bond acceptors (Lipinski definition) is 9. The number of hydrogen-bond donors (Lipinski definition) is 0. The van der Waals surface area contributed by atoms with Gasteiger partial charge in [0.15, 0.2) is 5.72 Å². The zero-order valence-electron chi connectivity index (χ0n) is 17.4. The molecule has 1 amide bonds. The molecule has 0 aromatic heterocycles. The third-order valence-corrected chi connectivity index (χ3v) is 6.56. The number of methoxy groups -OCH3 is 2. The van der Waals surface area contributed by atoms with E-state index in [1.807, 2.05) is 6.92 Å². The van der Waals surface area contributed by atoms with Gasteiger partial charge in [-0.25, -0.2) is 14.4 Å². The number of esters is 3. The number of carbonyl (C=O) groups excluding carboxylic acids is 4. The van der Waals surface area contributed by atoms with Crippen LogP contribution >= 0.6 is 0 Å². The van der Waals surface area contributed by atoms with Gasteiger partial charge >= 0.3 is 17.9 Å². The van der Waals surface area contributed by atoms with E-state index in [-0.39, 0.29) is 24.8 Å². The van der Waals surface area contributed by atoms with Crippen LogP contribution in [-0.2, 0) is 42.9 Å². The first-order valence-corrected chi connectivity index (χ1v) is 10.0. The summed E-state index contributed by atoms with van der Waals surface area (Å²) in [6.07, 6.45) is 1.45. The lowest BCUT2D eigenvalue weighted by atomic mass is 9.73. The van der Waals surface area contributed by atoms with E-state index in [1.54, 1.807) is 6.92 Å². The zero-order valence-corrected chi connectivity index (χ0v) is 17.4. The van der Waals surface area contributed by atoms with E-state index in [1.165, 1.54) is 12.0 Å². The molecule has 0 N–H and O–H groups in total. The maximum Gasteiger partial charge on any atom is 0.353 e. The van der Waals surface area contributed by atoms with Crippen LogP contribution in [0.1, 0.15) is 33.1 Å². The fourth-order valence-electron chi connectivity index (χ4n) is 5.41. The fourth-order valence-corrected chi connectivity index (χ4v) is 5.41. The number of carbonyl (C=O) groups is 4. The van der Waals surface area contributed by atoms with E-state index in [0.717, 1.165) is 7.11 Å². The second kappa shape index (κ2) is 6.78. The smallest absolute Gasteiger partial charge is 0.353 e. The van der Waals surface area contributed by atoms with Gasteiger partial charge in [-0.15, -0.1) is 0 Å². The zero-order chi connectivity index (χ0) is 21.9. The van der Waals surface area contributed by atoms with E-state index < -0.39 is 46.1 Å². The van der Waals surface area contributed by atoms with Crippen molar-refractivity contribution in [2.45, 2.75) is 50.5 Å². The molecule has 2 bridgehead atoms. The Bertz CT molecular complexity index is 866. The van der Waals surface area contributed by atoms with Gasteiger partial charge in [-0.2, -0.15) is 0 Å². The summed E-state index contributed by atoms with van der Waals surface area (Å²) in [4.78, 5) is 53.8. The molecular formula is C20H25NO9. The molecule has 3 fully saturated rings. The Kier molecular flexibility index (Phi) is 4.70. The summed E-state index contributed by atoms with van der Waals surface area (Å²) < 4.78 is 27.1. The standard InChI is InChI=1S/C20H25NO9/c1-5-28-11-10-18(11)8-7-9-21-16(24)19(17(25)29-6-2)12(14(22)26-3)13(15(23)27-4)20(18,21)30-19/h11H,5-10H2,1-4H3. The van der Waals surface area contributed by atoms with Crippen LogP contribution in [0.3, 0.4) is 0 Å². The van der Waals surface area contributed by atoms with Crippen LogP contribution in [0.25, 0.3) is 0 Å². The lowest BCUT2D eigenvalue weighted by molar-refractivity contribution is -0.188. The lowest BCUT2D eigenvalue weighted by Crippen LogP contribution is -2.62. The van der Waals surface area contributed by atoms with Crippen LogP contribution in [0.4, 0.5) is 0 Å². The molecule has 10 nitrogen and oxygen atoms in total. The van der Waals surface area contributed by atoms with E-state index >= 15 is 0 Å². The van der Waals surface area contributed by atoms with Gasteiger partial charge in [0, 0.05) is 13.2 Å². The normalized spacial score (nSPS) is 36.1. The average molecular weight is 423 g/mol. The van der Waals surface area contributed by atoms with Crippen molar-refractivity contribution in [3.63, 3.8) is 0 Å². The maximum atomic E-state index is 13.6. The Balaban J connectivity index is 2.01. The van der Waals surface area contributed by atoms with Crippen LogP contribution in [0.2, 0.25) is 0 Å². The van der Waals surface area contributed by atoms with Gasteiger partial charge in [-0.05, 0) is 33.1 Å². The fraction of sp³-hybridized carbons (Fsp3) is 0.700. The lowest BCUT2D eigenvalue weighted by Gasteiger charge is -2.47. The molecule has 4 unspecified atom stereocenters. The van der Waals surface area contributed by atoms with Gasteiger partial charge < -0.3 is 28.6 Å². The predicted octanol–water partition coefficient (Wildman–Crippen LogP) is 0.0886. The van der Waals surface area contributed by atoms with Crippen LogP contribution in [0.15, 0.2) is 11.1 Å². The monoisotopic (exact) mass is 423 g/mol. The molecule has 0 radical (unpaired) electrons. The molecule has 3 aliphatic heterocycles. The van der Waals surface area contributed by atoms with Crippen molar-refractivity contribution in [3.05, 3.63) is 11.1 Å². The number of rotatable bonds is 6. The van der Waals surface area contributed by atoms with Crippen LogP contribution in [0.5, 0.6) is 0 Å². The minimum atomic E-state index is -2.40. The average Bonchev–Trinajstić information content (AvgIpc) is 3.22. The highest BCUT2D eigenvalue weighted by molar-refractivity contribution is 6.23. The quantitative estimate of drug-likeness (QED) is 0.333. The first-order valence-electron chi connectivity index (χ1n) is 10.0. The Labute approximate surface area is 173 Å². The molecule has 164 valence electrons. The van der Waals surface area contributed by atoms with Gasteiger partial charge in [-0.3, -0.25) is 4.79 Å². The molecule has 1 aliphatic carbocycles. The first-order chi connectivity index (χ1) is 14.3. The third-order valence-electron chi connectivity index (χ3n) is 6.56. The van der Waals surface area contributed by atoms with Crippen molar-refractivity contribution in [2.24, 2.45) is 5.41 Å². The van der Waals surface area contributed by atoms with E-state index in [0.29, 0.717) is 25.9 Å². The van der Waals surface area contributed by atoms with Crippen molar-refractivity contribution in [1.29, 1.82) is 0 Å². The van der Waals surface area contributed by atoms with Crippen molar-refractivity contribution in [1.82, 2.24) is 4.90 Å². The number of amides is 1. The van der Waals surface area contributed by atoms with Crippen molar-refractivity contribution >= 4 is 23.8 Å². The first kappa shape index (κ1) is 20.8. The summed E-state index contributed by atoms with van der Waals surface area (Å²) in [6, 6.07) is 0. The Morgan fingerprint density at radius 3 is 2.37 bits per heavy atom. The molecule has 3 heterocycles. The van der Waals surface area contributed by atoms with Gasteiger partial charge in [0.25, 0.3) is 11.5 Å². The second-order valence-electron chi connectivity index (χ2n) is 7.75. The van der Waals surface area contributed by atoms with Gasteiger partial charge in [0.2, 0.25) is 0 Å². The summed E-state index contributed by atoms with van der Waals surface area (Å²) in [7, 11) is 2.27. The number of nitrogens with zero attached hydrogens (tertiary/aromatic N) is 1. The highest BCUT2D eigenvalue weighted by Gasteiger charge is 2.87. The van der Waals surface area contributed by atoms with Crippen molar-refractivity contribution in [3.8, 4) is 0 Å². The molecule has 10 heteroatoms. The Hall–Kier alpha value is -2.46. The maximum absolute atomic E-state index is 13.6. The largest absolute Gasteiger partial charge is 0.466 e. The van der Waals surface area contributed by atoms with Gasteiger partial charge in [-0.1, -0.05) is 0 Å². The van der Waals surface area contributed by atoms with Crippen LogP contribution < -0.4 is 0 Å². The minimum absolute atomic E-state index is 0.0427. The van der Waals surface area contributed by atoms with Crippen LogP contribution in [0, 0.1) is 5.41 Å². The molecular weight excluding hydrogens is 398 g/mol. The van der Waals surface area contributed by atoms with Crippen LogP contribution in [-0.4, -0.2) is 80.1 Å². The molecule has 4 atom stereocenters.